The molecule has 0 aliphatic carbocycles. The molecule has 1 unspecified atom stereocenters. The van der Waals surface area contributed by atoms with Gasteiger partial charge in [-0.05, 0) is 38.5 Å². The van der Waals surface area contributed by atoms with Crippen LogP contribution in [0, 0.1) is 0 Å². The van der Waals surface area contributed by atoms with Crippen LogP contribution in [0.15, 0.2) is 59.6 Å². The van der Waals surface area contributed by atoms with E-state index in [0.717, 1.165) is 17.2 Å². The van der Waals surface area contributed by atoms with Crippen LogP contribution in [-0.4, -0.2) is 28.9 Å². The van der Waals surface area contributed by atoms with E-state index in [1.165, 1.54) is 5.56 Å². The summed E-state index contributed by atoms with van der Waals surface area (Å²) in [7, 11) is 0. The van der Waals surface area contributed by atoms with Crippen molar-refractivity contribution in [3.63, 3.8) is 0 Å². The molecule has 2 aromatic carbocycles. The van der Waals surface area contributed by atoms with E-state index in [-0.39, 0.29) is 17.5 Å². The Morgan fingerprint density at radius 1 is 1.04 bits per heavy atom. The second-order valence-corrected chi connectivity index (χ2v) is 7.09. The number of nitrogens with zero attached hydrogens (tertiary/aromatic N) is 3. The third kappa shape index (κ3) is 2.21. The maximum Gasteiger partial charge on any atom is 0.262 e. The first-order valence-corrected chi connectivity index (χ1v) is 8.33. The molecule has 0 bridgehead atoms. The molecule has 1 amide bonds. The number of fused-ring (bicyclic) bond motifs is 2. The lowest BCUT2D eigenvalue weighted by Gasteiger charge is -2.39. The first-order chi connectivity index (χ1) is 11.5. The third-order valence-corrected chi connectivity index (χ3v) is 4.71. The van der Waals surface area contributed by atoms with Crippen molar-refractivity contribution in [2.75, 3.05) is 11.4 Å². The molecule has 0 aromatic heterocycles. The molecule has 2 aromatic rings. The summed E-state index contributed by atoms with van der Waals surface area (Å²) in [4.78, 5) is 21.8. The number of carbonyl (C=O) groups is 1. The van der Waals surface area contributed by atoms with Gasteiger partial charge in [0.05, 0.1) is 29.4 Å². The second-order valence-electron chi connectivity index (χ2n) is 7.09. The van der Waals surface area contributed by atoms with Crippen LogP contribution in [0.25, 0.3) is 0 Å². The third-order valence-electron chi connectivity index (χ3n) is 4.71. The van der Waals surface area contributed by atoms with Crippen LogP contribution in [0.2, 0.25) is 0 Å². The summed E-state index contributed by atoms with van der Waals surface area (Å²) in [6.07, 6.45) is 0. The number of anilines is 1. The zero-order chi connectivity index (χ0) is 16.9. The smallest absolute Gasteiger partial charge is 0.262 e. The first kappa shape index (κ1) is 14.9. The molecule has 4 nitrogen and oxygen atoms in total. The fourth-order valence-electron chi connectivity index (χ4n) is 3.55. The SMILES string of the molecule is CC(c1ccccc1)N1C2=NC(C)(C)CN2C(=O)c2ccccc21. The van der Waals surface area contributed by atoms with Gasteiger partial charge >= 0.3 is 0 Å². The fourth-order valence-corrected chi connectivity index (χ4v) is 3.55. The van der Waals surface area contributed by atoms with Crippen LogP contribution in [-0.2, 0) is 0 Å². The first-order valence-electron chi connectivity index (χ1n) is 8.33. The molecular weight excluding hydrogens is 298 g/mol. The lowest BCUT2D eigenvalue weighted by Crippen LogP contribution is -2.51. The van der Waals surface area contributed by atoms with Crippen molar-refractivity contribution < 1.29 is 4.79 Å². The standard InChI is InChI=1S/C20H21N3O/c1-14(15-9-5-4-6-10-15)23-17-12-8-7-11-16(17)18(24)22-13-20(2,3)21-19(22)23/h4-12,14H,13H2,1-3H3. The van der Waals surface area contributed by atoms with E-state index in [1.807, 2.05) is 47.4 Å². The van der Waals surface area contributed by atoms with Gasteiger partial charge in [0.2, 0.25) is 5.96 Å². The molecule has 24 heavy (non-hydrogen) atoms. The van der Waals surface area contributed by atoms with E-state index in [1.54, 1.807) is 0 Å². The molecule has 2 heterocycles. The van der Waals surface area contributed by atoms with Crippen molar-refractivity contribution in [3.8, 4) is 0 Å². The lowest BCUT2D eigenvalue weighted by molar-refractivity contribution is 0.0837. The van der Waals surface area contributed by atoms with Crippen LogP contribution in [0.5, 0.6) is 0 Å². The molecule has 0 radical (unpaired) electrons. The maximum absolute atomic E-state index is 12.9. The summed E-state index contributed by atoms with van der Waals surface area (Å²) >= 11 is 0. The van der Waals surface area contributed by atoms with Crippen LogP contribution in [0.3, 0.4) is 0 Å². The fraction of sp³-hybridized carbons (Fsp3) is 0.300. The molecule has 0 fully saturated rings. The van der Waals surface area contributed by atoms with Crippen LogP contribution in [0.1, 0.15) is 42.7 Å². The van der Waals surface area contributed by atoms with Crippen molar-refractivity contribution in [2.45, 2.75) is 32.4 Å². The highest BCUT2D eigenvalue weighted by molar-refractivity contribution is 6.19. The van der Waals surface area contributed by atoms with Gasteiger partial charge in [0, 0.05) is 0 Å². The maximum atomic E-state index is 12.9. The molecule has 0 saturated heterocycles. The highest BCUT2D eigenvalue weighted by Crippen LogP contribution is 2.38. The average molecular weight is 319 g/mol. The van der Waals surface area contributed by atoms with E-state index in [4.69, 9.17) is 4.99 Å². The van der Waals surface area contributed by atoms with E-state index >= 15 is 0 Å². The number of hydrogen-bond acceptors (Lipinski definition) is 3. The van der Waals surface area contributed by atoms with Gasteiger partial charge in [-0.15, -0.1) is 0 Å². The zero-order valence-corrected chi connectivity index (χ0v) is 14.2. The Labute approximate surface area is 142 Å². The average Bonchev–Trinajstić information content (AvgIpc) is 2.91. The number of carbonyl (C=O) groups excluding carboxylic acids is 1. The number of hydrogen-bond donors (Lipinski definition) is 0. The monoisotopic (exact) mass is 319 g/mol. The quantitative estimate of drug-likeness (QED) is 0.842. The van der Waals surface area contributed by atoms with Gasteiger partial charge in [-0.3, -0.25) is 9.69 Å². The van der Waals surface area contributed by atoms with Crippen molar-refractivity contribution in [1.82, 2.24) is 4.90 Å². The summed E-state index contributed by atoms with van der Waals surface area (Å²) in [6, 6.07) is 18.3. The minimum atomic E-state index is -0.262. The summed E-state index contributed by atoms with van der Waals surface area (Å²) in [6.45, 7) is 6.92. The van der Waals surface area contributed by atoms with Crippen molar-refractivity contribution >= 4 is 17.6 Å². The molecule has 4 rings (SSSR count). The van der Waals surface area contributed by atoms with E-state index in [2.05, 4.69) is 37.8 Å². The van der Waals surface area contributed by atoms with Gasteiger partial charge in [0.15, 0.2) is 0 Å². The topological polar surface area (TPSA) is 35.9 Å². The summed E-state index contributed by atoms with van der Waals surface area (Å²) in [5, 5.41) is 0. The summed E-state index contributed by atoms with van der Waals surface area (Å²) < 4.78 is 0. The predicted molar refractivity (Wildman–Crippen MR) is 96.3 cm³/mol. The summed E-state index contributed by atoms with van der Waals surface area (Å²) in [5.41, 5.74) is 2.62. The van der Waals surface area contributed by atoms with Gasteiger partial charge in [0.25, 0.3) is 5.91 Å². The lowest BCUT2D eigenvalue weighted by atomic mass is 10.0. The largest absolute Gasteiger partial charge is 0.304 e. The predicted octanol–water partition coefficient (Wildman–Crippen LogP) is 3.86. The Balaban J connectivity index is 1.89. The van der Waals surface area contributed by atoms with Crippen LogP contribution in [0.4, 0.5) is 5.69 Å². The van der Waals surface area contributed by atoms with Crippen LogP contribution < -0.4 is 4.90 Å². The molecular formula is C20H21N3O. The van der Waals surface area contributed by atoms with E-state index in [9.17, 15) is 4.79 Å². The van der Waals surface area contributed by atoms with Crippen LogP contribution >= 0.6 is 0 Å². The Kier molecular flexibility index (Phi) is 3.23. The number of benzene rings is 2. The number of rotatable bonds is 2. The van der Waals surface area contributed by atoms with E-state index < -0.39 is 0 Å². The molecule has 4 heteroatoms. The van der Waals surface area contributed by atoms with E-state index in [0.29, 0.717) is 6.54 Å². The second kappa shape index (κ2) is 5.20. The van der Waals surface area contributed by atoms with Gasteiger partial charge in [-0.25, -0.2) is 4.99 Å². The molecule has 0 saturated carbocycles. The highest BCUT2D eigenvalue weighted by Gasteiger charge is 2.44. The van der Waals surface area contributed by atoms with Gasteiger partial charge in [-0.2, -0.15) is 0 Å². The molecule has 0 spiro atoms. The van der Waals surface area contributed by atoms with Crippen molar-refractivity contribution in [2.24, 2.45) is 4.99 Å². The highest BCUT2D eigenvalue weighted by atomic mass is 16.2. The molecule has 2 aliphatic rings. The van der Waals surface area contributed by atoms with Crippen molar-refractivity contribution in [3.05, 3.63) is 65.7 Å². The molecule has 1 atom stereocenters. The van der Waals surface area contributed by atoms with Gasteiger partial charge < -0.3 is 4.90 Å². The Hall–Kier alpha value is -2.62. The number of amides is 1. The van der Waals surface area contributed by atoms with Gasteiger partial charge in [0.1, 0.15) is 0 Å². The Bertz CT molecular complexity index is 826. The summed E-state index contributed by atoms with van der Waals surface area (Å²) in [5.74, 6) is 0.812. The van der Waals surface area contributed by atoms with Gasteiger partial charge in [-0.1, -0.05) is 42.5 Å². The minimum Gasteiger partial charge on any atom is -0.304 e. The number of aliphatic imine (C=N–C) groups is 1. The van der Waals surface area contributed by atoms with Crippen molar-refractivity contribution in [1.29, 1.82) is 0 Å². The molecule has 0 N–H and O–H groups in total. The number of guanidine groups is 1. The Morgan fingerprint density at radius 3 is 2.46 bits per heavy atom. The molecule has 2 aliphatic heterocycles. The normalized spacial score (nSPS) is 19.6. The zero-order valence-electron chi connectivity index (χ0n) is 14.2. The molecule has 122 valence electrons. The number of para-hydroxylation sites is 1. The minimum absolute atomic E-state index is 0.0476. The Morgan fingerprint density at radius 2 is 1.71 bits per heavy atom.